The van der Waals surface area contributed by atoms with Crippen LogP contribution >= 0.6 is 0 Å². The second kappa shape index (κ2) is 3.82. The van der Waals surface area contributed by atoms with Crippen molar-refractivity contribution in [1.29, 1.82) is 0 Å². The Morgan fingerprint density at radius 2 is 2.44 bits per heavy atom. The molecule has 1 saturated heterocycles. The Morgan fingerprint density at radius 3 is 3.00 bits per heavy atom. The second-order valence-corrected chi connectivity index (χ2v) is 2.13. The molecule has 1 heterocycles. The lowest BCUT2D eigenvalue weighted by Gasteiger charge is -2.21. The fraction of sp³-hybridized carbons (Fsp3) is 1.00. The van der Waals surface area contributed by atoms with Crippen LogP contribution in [0.2, 0.25) is 0 Å². The molecule has 1 rings (SSSR count). The lowest BCUT2D eigenvalue weighted by Crippen LogP contribution is -2.24. The molecule has 1 unspecified atom stereocenters. The molecule has 0 bridgehead atoms. The molecule has 2 N–H and O–H groups in total. The monoisotopic (exact) mass is 131 g/mol. The third-order valence-corrected chi connectivity index (χ3v) is 1.42. The molecular formula is C6H13NO2. The quantitative estimate of drug-likeness (QED) is 0.553. The van der Waals surface area contributed by atoms with E-state index in [1.165, 1.54) is 6.42 Å². The SMILES string of the molecule is NCOC1CCCCO1. The molecule has 0 aromatic carbocycles. The highest BCUT2D eigenvalue weighted by atomic mass is 16.7. The highest BCUT2D eigenvalue weighted by molar-refractivity contribution is 4.52. The van der Waals surface area contributed by atoms with Gasteiger partial charge in [0.1, 0.15) is 0 Å². The van der Waals surface area contributed by atoms with Gasteiger partial charge in [-0.1, -0.05) is 0 Å². The average Bonchev–Trinajstić information content (AvgIpc) is 1.91. The van der Waals surface area contributed by atoms with Crippen molar-refractivity contribution < 1.29 is 9.47 Å². The van der Waals surface area contributed by atoms with Crippen molar-refractivity contribution >= 4 is 0 Å². The fourth-order valence-corrected chi connectivity index (χ4v) is 0.950. The summed E-state index contributed by atoms with van der Waals surface area (Å²) in [6.07, 6.45) is 3.33. The van der Waals surface area contributed by atoms with E-state index in [0.29, 0.717) is 0 Å². The zero-order valence-corrected chi connectivity index (χ0v) is 5.51. The van der Waals surface area contributed by atoms with E-state index in [4.69, 9.17) is 15.2 Å². The summed E-state index contributed by atoms with van der Waals surface area (Å²) in [5.74, 6) is 0. The molecule has 0 saturated carbocycles. The largest absolute Gasteiger partial charge is 0.353 e. The van der Waals surface area contributed by atoms with Crippen molar-refractivity contribution in [2.45, 2.75) is 25.6 Å². The van der Waals surface area contributed by atoms with E-state index in [9.17, 15) is 0 Å². The van der Waals surface area contributed by atoms with Gasteiger partial charge in [0, 0.05) is 6.61 Å². The lowest BCUT2D eigenvalue weighted by atomic mass is 10.2. The van der Waals surface area contributed by atoms with Gasteiger partial charge in [-0.15, -0.1) is 0 Å². The molecule has 1 aliphatic rings. The van der Waals surface area contributed by atoms with Crippen LogP contribution in [0.1, 0.15) is 19.3 Å². The van der Waals surface area contributed by atoms with Crippen molar-refractivity contribution in [2.75, 3.05) is 13.3 Å². The van der Waals surface area contributed by atoms with Gasteiger partial charge >= 0.3 is 0 Å². The smallest absolute Gasteiger partial charge is 0.159 e. The van der Waals surface area contributed by atoms with Gasteiger partial charge < -0.3 is 15.2 Å². The van der Waals surface area contributed by atoms with E-state index in [0.717, 1.165) is 19.4 Å². The van der Waals surface area contributed by atoms with Gasteiger partial charge in [-0.05, 0) is 19.3 Å². The predicted octanol–water partition coefficient (Wildman–Crippen LogP) is 0.446. The minimum Gasteiger partial charge on any atom is -0.353 e. The Kier molecular flexibility index (Phi) is 2.97. The van der Waals surface area contributed by atoms with Crippen LogP contribution in [0.5, 0.6) is 0 Å². The van der Waals surface area contributed by atoms with Crippen LogP contribution in [0.3, 0.4) is 0 Å². The minimum absolute atomic E-state index is 0.0243. The molecule has 0 aromatic rings. The van der Waals surface area contributed by atoms with Gasteiger partial charge in [0.25, 0.3) is 0 Å². The van der Waals surface area contributed by atoms with Gasteiger partial charge in [-0.2, -0.15) is 0 Å². The first-order valence-corrected chi connectivity index (χ1v) is 3.37. The van der Waals surface area contributed by atoms with Crippen LogP contribution in [-0.4, -0.2) is 19.6 Å². The second-order valence-electron chi connectivity index (χ2n) is 2.13. The summed E-state index contributed by atoms with van der Waals surface area (Å²) >= 11 is 0. The Labute approximate surface area is 55.1 Å². The summed E-state index contributed by atoms with van der Waals surface area (Å²) in [7, 11) is 0. The number of hydrogen-bond acceptors (Lipinski definition) is 3. The number of rotatable bonds is 2. The molecule has 9 heavy (non-hydrogen) atoms. The minimum atomic E-state index is -0.0243. The van der Waals surface area contributed by atoms with Crippen LogP contribution < -0.4 is 5.73 Å². The normalized spacial score (nSPS) is 28.3. The summed E-state index contributed by atoms with van der Waals surface area (Å²) in [5, 5.41) is 0. The maximum absolute atomic E-state index is 5.22. The van der Waals surface area contributed by atoms with Crippen molar-refractivity contribution in [3.05, 3.63) is 0 Å². The third-order valence-electron chi connectivity index (χ3n) is 1.42. The van der Waals surface area contributed by atoms with Crippen molar-refractivity contribution in [3.63, 3.8) is 0 Å². The molecule has 0 aliphatic carbocycles. The van der Waals surface area contributed by atoms with Gasteiger partial charge in [-0.3, -0.25) is 0 Å². The summed E-state index contributed by atoms with van der Waals surface area (Å²) in [4.78, 5) is 0. The van der Waals surface area contributed by atoms with Gasteiger partial charge in [-0.25, -0.2) is 0 Å². The van der Waals surface area contributed by atoms with E-state index in [2.05, 4.69) is 0 Å². The average molecular weight is 131 g/mol. The van der Waals surface area contributed by atoms with Crippen LogP contribution in [0.15, 0.2) is 0 Å². The highest BCUT2D eigenvalue weighted by Gasteiger charge is 2.12. The van der Waals surface area contributed by atoms with Gasteiger partial charge in [0.2, 0.25) is 0 Å². The Hall–Kier alpha value is -0.120. The van der Waals surface area contributed by atoms with Crippen LogP contribution in [0.4, 0.5) is 0 Å². The molecular weight excluding hydrogens is 118 g/mol. The van der Waals surface area contributed by atoms with E-state index in [1.807, 2.05) is 0 Å². The van der Waals surface area contributed by atoms with E-state index >= 15 is 0 Å². The number of nitrogens with two attached hydrogens (primary N) is 1. The first kappa shape index (κ1) is 6.99. The molecule has 0 spiro atoms. The molecule has 1 aliphatic heterocycles. The maximum atomic E-state index is 5.22. The van der Waals surface area contributed by atoms with Crippen LogP contribution in [0, 0.1) is 0 Å². The van der Waals surface area contributed by atoms with E-state index in [1.54, 1.807) is 0 Å². The third kappa shape index (κ3) is 2.30. The van der Waals surface area contributed by atoms with Gasteiger partial charge in [0.15, 0.2) is 6.29 Å². The summed E-state index contributed by atoms with van der Waals surface area (Å²) < 4.78 is 10.3. The topological polar surface area (TPSA) is 44.5 Å². The molecule has 0 radical (unpaired) electrons. The van der Waals surface area contributed by atoms with E-state index in [-0.39, 0.29) is 13.0 Å². The molecule has 54 valence electrons. The van der Waals surface area contributed by atoms with Crippen LogP contribution in [-0.2, 0) is 9.47 Å². The summed E-state index contributed by atoms with van der Waals surface area (Å²) in [6.45, 7) is 1.09. The molecule has 0 amide bonds. The summed E-state index contributed by atoms with van der Waals surface area (Å²) in [5.41, 5.74) is 5.16. The first-order valence-electron chi connectivity index (χ1n) is 3.37. The molecule has 1 fully saturated rings. The Morgan fingerprint density at radius 1 is 1.56 bits per heavy atom. The predicted molar refractivity (Wildman–Crippen MR) is 33.7 cm³/mol. The zero-order chi connectivity index (χ0) is 6.53. The van der Waals surface area contributed by atoms with Crippen molar-refractivity contribution in [2.24, 2.45) is 5.73 Å². The molecule has 0 aromatic heterocycles. The maximum Gasteiger partial charge on any atom is 0.159 e. The van der Waals surface area contributed by atoms with Gasteiger partial charge in [0.05, 0.1) is 6.73 Å². The molecule has 1 atom stereocenters. The van der Waals surface area contributed by atoms with E-state index < -0.39 is 0 Å². The lowest BCUT2D eigenvalue weighted by molar-refractivity contribution is -0.161. The molecule has 3 heteroatoms. The van der Waals surface area contributed by atoms with Crippen molar-refractivity contribution in [3.8, 4) is 0 Å². The first-order chi connectivity index (χ1) is 4.43. The standard InChI is InChI=1S/C6H13NO2/c7-5-9-6-3-1-2-4-8-6/h6H,1-5,7H2. The number of hydrogen-bond donors (Lipinski definition) is 1. The zero-order valence-electron chi connectivity index (χ0n) is 5.51. The van der Waals surface area contributed by atoms with Crippen LogP contribution in [0.25, 0.3) is 0 Å². The van der Waals surface area contributed by atoms with Crippen molar-refractivity contribution in [1.82, 2.24) is 0 Å². The number of ether oxygens (including phenoxy) is 2. The summed E-state index contributed by atoms with van der Waals surface area (Å²) in [6, 6.07) is 0. The Bertz CT molecular complexity index is 68.7. The fourth-order valence-electron chi connectivity index (χ4n) is 0.950. The molecule has 3 nitrogen and oxygen atoms in total. The highest BCUT2D eigenvalue weighted by Crippen LogP contribution is 2.12. The Balaban J connectivity index is 2.08.